The van der Waals surface area contributed by atoms with Crippen molar-refractivity contribution in [1.82, 2.24) is 4.98 Å². The number of alkyl halides is 2. The van der Waals surface area contributed by atoms with Crippen molar-refractivity contribution in [2.45, 2.75) is 13.0 Å². The highest BCUT2D eigenvalue weighted by Gasteiger charge is 2.51. The minimum absolute atomic E-state index is 0.0415. The van der Waals surface area contributed by atoms with Gasteiger partial charge in [0.1, 0.15) is 0 Å². The maximum Gasteiger partial charge on any atom is 0.387 e. The first kappa shape index (κ1) is 22.0. The minimum atomic E-state index is -3.21. The highest BCUT2D eigenvalue weighted by molar-refractivity contribution is 7.92. The summed E-state index contributed by atoms with van der Waals surface area (Å²) in [6.07, 6.45) is 2.48. The summed E-state index contributed by atoms with van der Waals surface area (Å²) in [5, 5.41) is 0.390. The third kappa shape index (κ3) is 4.42. The van der Waals surface area contributed by atoms with Gasteiger partial charge in [-0.2, -0.15) is 8.78 Å². The minimum Gasteiger partial charge on any atom is -0.488 e. The molecule has 1 aromatic carbocycles. The number of nitrogens with zero attached hydrogens (tertiary/aromatic N) is 1. The van der Waals surface area contributed by atoms with E-state index in [1.165, 1.54) is 24.5 Å². The number of halogens is 4. The maximum atomic E-state index is 13.0. The van der Waals surface area contributed by atoms with Crippen LogP contribution in [0.25, 0.3) is 0 Å². The van der Waals surface area contributed by atoms with E-state index in [-0.39, 0.29) is 64.0 Å². The second-order valence-corrected chi connectivity index (χ2v) is 10.3. The standard InChI is InChI=1S/C19H15Cl2F2NO6S/c20-12-4-24-5-13(21)11(12)3-14(25)10-1-2-15(30-18(22)23)17-16(10)28-6-19(7-29-17)8-31(26,27)9-19/h1-2,4-5,18H,3,6-9H2. The van der Waals surface area contributed by atoms with Gasteiger partial charge in [0.2, 0.25) is 5.75 Å². The summed E-state index contributed by atoms with van der Waals surface area (Å²) in [6, 6.07) is 2.45. The lowest BCUT2D eigenvalue weighted by molar-refractivity contribution is -0.0516. The summed E-state index contributed by atoms with van der Waals surface area (Å²) in [5.41, 5.74) is -0.432. The number of carbonyl (C=O) groups is 1. The fraction of sp³-hybridized carbons (Fsp3) is 0.368. The van der Waals surface area contributed by atoms with Crippen molar-refractivity contribution < 1.29 is 36.2 Å². The van der Waals surface area contributed by atoms with Gasteiger partial charge in [0.25, 0.3) is 0 Å². The predicted molar refractivity (Wildman–Crippen MR) is 107 cm³/mol. The van der Waals surface area contributed by atoms with Gasteiger partial charge in [0, 0.05) is 24.4 Å². The zero-order chi connectivity index (χ0) is 22.4. The second kappa shape index (κ2) is 8.07. The Balaban J connectivity index is 1.69. The summed E-state index contributed by atoms with van der Waals surface area (Å²) < 4.78 is 65.0. The van der Waals surface area contributed by atoms with E-state index in [2.05, 4.69) is 9.72 Å². The molecular weight excluding hydrogens is 479 g/mol. The number of ether oxygens (including phenoxy) is 3. The summed E-state index contributed by atoms with van der Waals surface area (Å²) in [4.78, 5) is 16.9. The third-order valence-electron chi connectivity index (χ3n) is 4.98. The molecule has 166 valence electrons. The van der Waals surface area contributed by atoms with Crippen LogP contribution in [0.3, 0.4) is 0 Å². The van der Waals surface area contributed by atoms with Crippen LogP contribution in [-0.4, -0.2) is 50.5 Å². The number of aromatic nitrogens is 1. The van der Waals surface area contributed by atoms with Crippen LogP contribution in [-0.2, 0) is 16.3 Å². The molecule has 0 unspecified atom stereocenters. The Morgan fingerprint density at radius 3 is 2.32 bits per heavy atom. The number of pyridine rings is 1. The molecule has 2 aliphatic rings. The molecule has 12 heteroatoms. The van der Waals surface area contributed by atoms with Gasteiger partial charge in [0.05, 0.1) is 45.7 Å². The van der Waals surface area contributed by atoms with Crippen molar-refractivity contribution in [3.63, 3.8) is 0 Å². The normalized spacial score (nSPS) is 18.4. The number of fused-ring (bicyclic) bond motifs is 1. The summed E-state index contributed by atoms with van der Waals surface area (Å²) >= 11 is 12.2. The molecule has 1 spiro atoms. The van der Waals surface area contributed by atoms with Gasteiger partial charge >= 0.3 is 6.61 Å². The van der Waals surface area contributed by atoms with Crippen LogP contribution in [0.4, 0.5) is 8.78 Å². The molecule has 0 atom stereocenters. The van der Waals surface area contributed by atoms with E-state index in [0.29, 0.717) is 5.56 Å². The van der Waals surface area contributed by atoms with E-state index < -0.39 is 27.6 Å². The molecule has 3 heterocycles. The average Bonchev–Trinajstić information content (AvgIpc) is 2.84. The quantitative estimate of drug-likeness (QED) is 0.587. The molecule has 1 aromatic heterocycles. The predicted octanol–water partition coefficient (Wildman–Crippen LogP) is 3.60. The largest absolute Gasteiger partial charge is 0.488 e. The average molecular weight is 494 g/mol. The Morgan fingerprint density at radius 2 is 1.74 bits per heavy atom. The fourth-order valence-electron chi connectivity index (χ4n) is 3.65. The van der Waals surface area contributed by atoms with E-state index >= 15 is 0 Å². The number of Topliss-reactive ketones (excluding diaryl/α,β-unsaturated/α-hetero) is 1. The molecule has 4 rings (SSSR count). The lowest BCUT2D eigenvalue weighted by Gasteiger charge is -2.38. The van der Waals surface area contributed by atoms with Crippen LogP contribution in [0, 0.1) is 5.41 Å². The fourth-order valence-corrected chi connectivity index (χ4v) is 6.26. The number of carbonyl (C=O) groups excluding carboxylic acids is 1. The van der Waals surface area contributed by atoms with E-state index in [0.717, 1.165) is 0 Å². The number of ketones is 1. The zero-order valence-electron chi connectivity index (χ0n) is 15.7. The SMILES string of the molecule is O=C(Cc1c(Cl)cncc1Cl)c1ccc(OC(F)F)c2c1OCC1(CO2)CS(=O)(=O)C1. The molecule has 7 nitrogen and oxygen atoms in total. The molecule has 1 fully saturated rings. The third-order valence-corrected chi connectivity index (χ3v) is 7.74. The van der Waals surface area contributed by atoms with E-state index in [1.54, 1.807) is 0 Å². The maximum absolute atomic E-state index is 13.0. The summed E-state index contributed by atoms with van der Waals surface area (Å²) in [6.45, 7) is -3.28. The van der Waals surface area contributed by atoms with Crippen LogP contribution >= 0.6 is 23.2 Å². The molecule has 0 amide bonds. The summed E-state index contributed by atoms with van der Waals surface area (Å²) in [5.74, 6) is -1.38. The van der Waals surface area contributed by atoms with Gasteiger partial charge < -0.3 is 14.2 Å². The van der Waals surface area contributed by atoms with Crippen molar-refractivity contribution in [3.8, 4) is 17.2 Å². The van der Waals surface area contributed by atoms with Crippen molar-refractivity contribution in [1.29, 1.82) is 0 Å². The van der Waals surface area contributed by atoms with E-state index in [4.69, 9.17) is 32.7 Å². The van der Waals surface area contributed by atoms with Crippen LogP contribution in [0.2, 0.25) is 10.0 Å². The van der Waals surface area contributed by atoms with Gasteiger partial charge in [-0.15, -0.1) is 0 Å². The topological polar surface area (TPSA) is 91.8 Å². The van der Waals surface area contributed by atoms with Gasteiger partial charge in [0.15, 0.2) is 27.1 Å². The molecule has 2 aliphatic heterocycles. The molecule has 2 aromatic rings. The number of sulfone groups is 1. The Kier molecular flexibility index (Phi) is 5.74. The van der Waals surface area contributed by atoms with Crippen molar-refractivity contribution in [3.05, 3.63) is 45.7 Å². The van der Waals surface area contributed by atoms with E-state index in [1.807, 2.05) is 0 Å². The molecule has 0 bridgehead atoms. The number of hydrogen-bond donors (Lipinski definition) is 0. The Labute approximate surface area is 186 Å². The van der Waals surface area contributed by atoms with Crippen molar-refractivity contribution in [2.75, 3.05) is 24.7 Å². The Bertz CT molecular complexity index is 1130. The smallest absolute Gasteiger partial charge is 0.387 e. The number of benzene rings is 1. The molecule has 0 aliphatic carbocycles. The van der Waals surface area contributed by atoms with Gasteiger partial charge in [-0.1, -0.05) is 23.2 Å². The van der Waals surface area contributed by atoms with Gasteiger partial charge in [-0.25, -0.2) is 8.42 Å². The molecule has 0 N–H and O–H groups in total. The lowest BCUT2D eigenvalue weighted by atomic mass is 9.94. The summed E-state index contributed by atoms with van der Waals surface area (Å²) in [7, 11) is -3.21. The molecule has 1 saturated heterocycles. The van der Waals surface area contributed by atoms with Gasteiger partial charge in [-0.05, 0) is 12.1 Å². The molecule has 31 heavy (non-hydrogen) atoms. The highest BCUT2D eigenvalue weighted by Crippen LogP contribution is 2.47. The highest BCUT2D eigenvalue weighted by atomic mass is 35.5. The van der Waals surface area contributed by atoms with Crippen LogP contribution in [0.1, 0.15) is 15.9 Å². The first-order valence-corrected chi connectivity index (χ1v) is 11.6. The van der Waals surface area contributed by atoms with Crippen molar-refractivity contribution >= 4 is 38.8 Å². The van der Waals surface area contributed by atoms with E-state index in [9.17, 15) is 22.0 Å². The first-order valence-electron chi connectivity index (χ1n) is 8.98. The van der Waals surface area contributed by atoms with Crippen LogP contribution in [0.5, 0.6) is 17.2 Å². The number of hydrogen-bond acceptors (Lipinski definition) is 7. The lowest BCUT2D eigenvalue weighted by Crippen LogP contribution is -2.55. The zero-order valence-corrected chi connectivity index (χ0v) is 18.1. The molecule has 0 saturated carbocycles. The Hall–Kier alpha value is -2.17. The molecular formula is C19H15Cl2F2NO6S. The first-order chi connectivity index (χ1) is 14.6. The monoisotopic (exact) mass is 493 g/mol. The Morgan fingerprint density at radius 1 is 1.13 bits per heavy atom. The second-order valence-electron chi connectivity index (χ2n) is 7.44. The van der Waals surface area contributed by atoms with Crippen molar-refractivity contribution in [2.24, 2.45) is 5.41 Å². The van der Waals surface area contributed by atoms with Crippen LogP contribution < -0.4 is 14.2 Å². The van der Waals surface area contributed by atoms with Gasteiger partial charge in [-0.3, -0.25) is 9.78 Å². The van der Waals surface area contributed by atoms with Crippen LogP contribution in [0.15, 0.2) is 24.5 Å². The molecule has 0 radical (unpaired) electrons. The number of rotatable bonds is 5.